The third-order valence-electron chi connectivity index (χ3n) is 2.77. The van der Waals surface area contributed by atoms with Gasteiger partial charge in [-0.05, 0) is 17.7 Å². The van der Waals surface area contributed by atoms with Gasteiger partial charge in [0, 0.05) is 25.6 Å². The van der Waals surface area contributed by atoms with Gasteiger partial charge in [-0.15, -0.1) is 0 Å². The third kappa shape index (κ3) is 5.84. The summed E-state index contributed by atoms with van der Waals surface area (Å²) in [4.78, 5) is 22.9. The second kappa shape index (κ2) is 8.32. The average Bonchev–Trinajstić information content (AvgIpc) is 2.44. The normalized spacial score (nSPS) is 10.4. The Morgan fingerprint density at radius 2 is 1.85 bits per heavy atom. The van der Waals surface area contributed by atoms with Gasteiger partial charge in [0.05, 0.1) is 12.7 Å². The Labute approximate surface area is 119 Å². The van der Waals surface area contributed by atoms with Crippen LogP contribution in [0.4, 0.5) is 0 Å². The molecule has 0 aliphatic carbocycles. The Balaban J connectivity index is 2.34. The number of esters is 1. The van der Waals surface area contributed by atoms with Crippen molar-refractivity contribution in [3.8, 4) is 0 Å². The van der Waals surface area contributed by atoms with E-state index in [0.717, 1.165) is 5.56 Å². The highest BCUT2D eigenvalue weighted by molar-refractivity contribution is 5.89. The Morgan fingerprint density at radius 1 is 1.20 bits per heavy atom. The van der Waals surface area contributed by atoms with E-state index in [-0.39, 0.29) is 11.9 Å². The summed E-state index contributed by atoms with van der Waals surface area (Å²) in [7, 11) is 1.35. The maximum absolute atomic E-state index is 11.6. The van der Waals surface area contributed by atoms with Crippen LogP contribution < -0.4 is 10.6 Å². The zero-order chi connectivity index (χ0) is 15.0. The molecule has 0 aliphatic heterocycles. The minimum atomic E-state index is -0.361. The molecule has 20 heavy (non-hydrogen) atoms. The van der Waals surface area contributed by atoms with Crippen molar-refractivity contribution in [1.29, 1.82) is 0 Å². The van der Waals surface area contributed by atoms with Crippen molar-refractivity contribution in [2.24, 2.45) is 0 Å². The van der Waals surface area contributed by atoms with Crippen LogP contribution in [0.2, 0.25) is 0 Å². The maximum atomic E-state index is 11.6. The zero-order valence-electron chi connectivity index (χ0n) is 12.2. The Kier molecular flexibility index (Phi) is 6.73. The fourth-order valence-corrected chi connectivity index (χ4v) is 1.64. The quantitative estimate of drug-likeness (QED) is 0.741. The molecule has 0 unspecified atom stereocenters. The SMILES string of the molecule is COC(=O)c1ccc(CNC(=O)CCNC(C)C)cc1. The van der Waals surface area contributed by atoms with Crippen molar-refractivity contribution in [2.75, 3.05) is 13.7 Å². The molecule has 0 bridgehead atoms. The molecule has 0 fully saturated rings. The molecule has 0 spiro atoms. The smallest absolute Gasteiger partial charge is 0.337 e. The number of carbonyl (C=O) groups is 2. The van der Waals surface area contributed by atoms with E-state index < -0.39 is 0 Å². The summed E-state index contributed by atoms with van der Waals surface area (Å²) in [5.74, 6) is -0.351. The minimum absolute atomic E-state index is 0.00944. The molecule has 1 aromatic carbocycles. The zero-order valence-corrected chi connectivity index (χ0v) is 12.2. The van der Waals surface area contributed by atoms with Gasteiger partial charge in [0.25, 0.3) is 0 Å². The maximum Gasteiger partial charge on any atom is 0.337 e. The monoisotopic (exact) mass is 278 g/mol. The summed E-state index contributed by atoms with van der Waals surface area (Å²) in [6, 6.07) is 7.37. The molecule has 0 aliphatic rings. The van der Waals surface area contributed by atoms with Gasteiger partial charge in [-0.1, -0.05) is 26.0 Å². The second-order valence-electron chi connectivity index (χ2n) is 4.82. The van der Waals surface area contributed by atoms with Gasteiger partial charge >= 0.3 is 5.97 Å². The lowest BCUT2D eigenvalue weighted by atomic mass is 10.1. The Bertz CT molecular complexity index is 441. The summed E-state index contributed by atoms with van der Waals surface area (Å²) in [5.41, 5.74) is 1.45. The van der Waals surface area contributed by atoms with Crippen LogP contribution >= 0.6 is 0 Å². The molecule has 0 radical (unpaired) electrons. The molecule has 0 atom stereocenters. The van der Waals surface area contributed by atoms with Crippen LogP contribution in [0.15, 0.2) is 24.3 Å². The molecule has 0 heterocycles. The van der Waals surface area contributed by atoms with Gasteiger partial charge in [-0.25, -0.2) is 4.79 Å². The first kappa shape index (κ1) is 16.2. The standard InChI is InChI=1S/C15H22N2O3/c1-11(2)16-9-8-14(18)17-10-12-4-6-13(7-5-12)15(19)20-3/h4-7,11,16H,8-10H2,1-3H3,(H,17,18). The number of ether oxygens (including phenoxy) is 1. The topological polar surface area (TPSA) is 67.4 Å². The van der Waals surface area contributed by atoms with Crippen LogP contribution in [0.25, 0.3) is 0 Å². The van der Waals surface area contributed by atoms with E-state index in [0.29, 0.717) is 31.1 Å². The predicted molar refractivity (Wildman–Crippen MR) is 77.4 cm³/mol. The van der Waals surface area contributed by atoms with E-state index >= 15 is 0 Å². The van der Waals surface area contributed by atoms with Gasteiger partial charge in [-0.3, -0.25) is 4.79 Å². The molecule has 5 nitrogen and oxygen atoms in total. The number of hydrogen-bond donors (Lipinski definition) is 2. The second-order valence-corrected chi connectivity index (χ2v) is 4.82. The minimum Gasteiger partial charge on any atom is -0.465 e. The van der Waals surface area contributed by atoms with Gasteiger partial charge in [-0.2, -0.15) is 0 Å². The highest BCUT2D eigenvalue weighted by Gasteiger charge is 2.05. The molecular formula is C15H22N2O3. The molecule has 0 saturated carbocycles. The highest BCUT2D eigenvalue weighted by atomic mass is 16.5. The van der Waals surface area contributed by atoms with Crippen molar-refractivity contribution in [3.63, 3.8) is 0 Å². The van der Waals surface area contributed by atoms with Crippen molar-refractivity contribution >= 4 is 11.9 Å². The number of benzene rings is 1. The molecule has 0 aromatic heterocycles. The van der Waals surface area contributed by atoms with Crippen LogP contribution in [0.1, 0.15) is 36.2 Å². The lowest BCUT2D eigenvalue weighted by Crippen LogP contribution is -2.30. The van der Waals surface area contributed by atoms with Gasteiger partial charge < -0.3 is 15.4 Å². The first-order valence-corrected chi connectivity index (χ1v) is 6.70. The predicted octanol–water partition coefficient (Wildman–Crippen LogP) is 1.48. The Hall–Kier alpha value is -1.88. The van der Waals surface area contributed by atoms with Gasteiger partial charge in [0.2, 0.25) is 5.91 Å². The largest absolute Gasteiger partial charge is 0.465 e. The summed E-state index contributed by atoms with van der Waals surface area (Å²) in [6.45, 7) is 5.22. The number of carbonyl (C=O) groups excluding carboxylic acids is 2. The number of rotatable bonds is 7. The molecule has 1 aromatic rings. The summed E-state index contributed by atoms with van der Waals surface area (Å²) >= 11 is 0. The molecule has 1 amide bonds. The van der Waals surface area contributed by atoms with Crippen molar-refractivity contribution in [1.82, 2.24) is 10.6 Å². The van der Waals surface area contributed by atoms with Crippen LogP contribution in [0.3, 0.4) is 0 Å². The van der Waals surface area contributed by atoms with E-state index in [1.54, 1.807) is 24.3 Å². The van der Waals surface area contributed by atoms with Crippen molar-refractivity contribution in [3.05, 3.63) is 35.4 Å². The van der Waals surface area contributed by atoms with Crippen LogP contribution in [0, 0.1) is 0 Å². The lowest BCUT2D eigenvalue weighted by Gasteiger charge is -2.09. The third-order valence-corrected chi connectivity index (χ3v) is 2.77. The summed E-state index contributed by atoms with van der Waals surface area (Å²) in [5, 5.41) is 6.03. The highest BCUT2D eigenvalue weighted by Crippen LogP contribution is 2.05. The molecule has 2 N–H and O–H groups in total. The van der Waals surface area contributed by atoms with E-state index in [2.05, 4.69) is 15.4 Å². The summed E-state index contributed by atoms with van der Waals surface area (Å²) < 4.78 is 4.62. The van der Waals surface area contributed by atoms with E-state index in [1.165, 1.54) is 7.11 Å². The fraction of sp³-hybridized carbons (Fsp3) is 0.467. The molecule has 1 rings (SSSR count). The van der Waals surface area contributed by atoms with Gasteiger partial charge in [0.15, 0.2) is 0 Å². The van der Waals surface area contributed by atoms with Crippen LogP contribution in [-0.4, -0.2) is 31.6 Å². The first-order valence-electron chi connectivity index (χ1n) is 6.70. The number of amides is 1. The van der Waals surface area contributed by atoms with Gasteiger partial charge in [0.1, 0.15) is 0 Å². The van der Waals surface area contributed by atoms with E-state index in [1.807, 2.05) is 13.8 Å². The van der Waals surface area contributed by atoms with Crippen LogP contribution in [0.5, 0.6) is 0 Å². The molecule has 5 heteroatoms. The van der Waals surface area contributed by atoms with E-state index in [4.69, 9.17) is 0 Å². The van der Waals surface area contributed by atoms with E-state index in [9.17, 15) is 9.59 Å². The number of hydrogen-bond acceptors (Lipinski definition) is 4. The lowest BCUT2D eigenvalue weighted by molar-refractivity contribution is -0.121. The van der Waals surface area contributed by atoms with Crippen LogP contribution in [-0.2, 0) is 16.1 Å². The molecule has 0 saturated heterocycles. The summed E-state index contributed by atoms with van der Waals surface area (Å²) in [6.07, 6.45) is 0.457. The molecule has 110 valence electrons. The Morgan fingerprint density at radius 3 is 2.40 bits per heavy atom. The van der Waals surface area contributed by atoms with Crippen molar-refractivity contribution < 1.29 is 14.3 Å². The van der Waals surface area contributed by atoms with Crippen molar-refractivity contribution in [2.45, 2.75) is 32.9 Å². The average molecular weight is 278 g/mol. The first-order chi connectivity index (χ1) is 9.52. The number of nitrogens with one attached hydrogen (secondary N) is 2. The fourth-order valence-electron chi connectivity index (χ4n) is 1.64. The number of methoxy groups -OCH3 is 1. The molecular weight excluding hydrogens is 256 g/mol.